The molecule has 0 aromatic heterocycles. The normalized spacial score (nSPS) is 40.4. The number of amides is 1. The molecule has 1 saturated heterocycles. The Balaban J connectivity index is 1.59. The number of carbonyl (C=O) groups excluding carboxylic acids is 2. The molecule has 1 heterocycles. The summed E-state index contributed by atoms with van der Waals surface area (Å²) in [6.45, 7) is 4.53. The Morgan fingerprint density at radius 2 is 1.82 bits per heavy atom. The molecule has 1 aliphatic heterocycles. The van der Waals surface area contributed by atoms with Crippen LogP contribution in [-0.4, -0.2) is 28.9 Å². The van der Waals surface area contributed by atoms with Crippen LogP contribution in [0.1, 0.15) is 57.6 Å². The number of benzene rings is 1. The van der Waals surface area contributed by atoms with E-state index in [0.29, 0.717) is 34.3 Å². The predicted molar refractivity (Wildman–Crippen MR) is 107 cm³/mol. The van der Waals surface area contributed by atoms with Gasteiger partial charge in [0.1, 0.15) is 5.60 Å². The highest BCUT2D eigenvalue weighted by Gasteiger charge is 2.67. The summed E-state index contributed by atoms with van der Waals surface area (Å²) in [6.07, 6.45) is 5.19. The molecule has 0 N–H and O–H groups in total. The third kappa shape index (κ3) is 2.37. The summed E-state index contributed by atoms with van der Waals surface area (Å²) >= 11 is 12.9. The molecule has 5 aliphatic rings. The predicted octanol–water partition coefficient (Wildman–Crippen LogP) is 5.02. The average molecular weight is 422 g/mol. The highest BCUT2D eigenvalue weighted by Crippen LogP contribution is 2.63. The topological polar surface area (TPSA) is 46.6 Å². The lowest BCUT2D eigenvalue weighted by Crippen LogP contribution is -2.74. The van der Waals surface area contributed by atoms with Gasteiger partial charge < -0.3 is 9.64 Å². The van der Waals surface area contributed by atoms with Crippen molar-refractivity contribution in [2.75, 3.05) is 0 Å². The Morgan fingerprint density at radius 1 is 1.14 bits per heavy atom. The number of rotatable bonds is 4. The summed E-state index contributed by atoms with van der Waals surface area (Å²) in [5.41, 5.74) is -0.231. The van der Waals surface area contributed by atoms with Gasteiger partial charge in [-0.25, -0.2) is 0 Å². The van der Waals surface area contributed by atoms with Gasteiger partial charge in [0, 0.05) is 0 Å². The van der Waals surface area contributed by atoms with Crippen LogP contribution >= 0.6 is 23.2 Å². The Bertz CT molecular complexity index is 840. The molecule has 150 valence electrons. The second-order valence-corrected chi connectivity index (χ2v) is 10.6. The van der Waals surface area contributed by atoms with Crippen molar-refractivity contribution >= 4 is 35.6 Å². The maximum atomic E-state index is 13.3. The van der Waals surface area contributed by atoms with Crippen LogP contribution in [0.3, 0.4) is 0 Å². The zero-order valence-corrected chi connectivity index (χ0v) is 17.7. The quantitative estimate of drug-likeness (QED) is 0.506. The number of halogens is 2. The lowest BCUT2D eigenvalue weighted by molar-refractivity contribution is -0.233. The van der Waals surface area contributed by atoms with E-state index in [9.17, 15) is 9.59 Å². The van der Waals surface area contributed by atoms with Crippen LogP contribution in [-0.2, 0) is 14.3 Å². The van der Waals surface area contributed by atoms with Gasteiger partial charge in [-0.2, -0.15) is 0 Å². The van der Waals surface area contributed by atoms with E-state index in [1.165, 1.54) is 6.42 Å². The van der Waals surface area contributed by atoms with Crippen molar-refractivity contribution < 1.29 is 14.3 Å². The fourth-order valence-corrected chi connectivity index (χ4v) is 7.50. The van der Waals surface area contributed by atoms with Gasteiger partial charge in [-0.05, 0) is 75.3 Å². The summed E-state index contributed by atoms with van der Waals surface area (Å²) in [5, 5.41) is 1.01. The fraction of sp³-hybridized carbons (Fsp3) is 0.636. The third-order valence-corrected chi connectivity index (χ3v) is 8.63. The molecule has 4 nitrogen and oxygen atoms in total. The van der Waals surface area contributed by atoms with Crippen LogP contribution < -0.4 is 0 Å². The zero-order valence-electron chi connectivity index (χ0n) is 16.2. The molecular formula is C22H25Cl2NO3. The van der Waals surface area contributed by atoms with Crippen molar-refractivity contribution in [3.63, 3.8) is 0 Å². The van der Waals surface area contributed by atoms with E-state index in [1.54, 1.807) is 6.07 Å². The number of nitrogens with zero attached hydrogens (tertiary/aromatic N) is 1. The molecule has 4 saturated carbocycles. The summed E-state index contributed by atoms with van der Waals surface area (Å²) in [5.74, 6) is 1.70. The summed E-state index contributed by atoms with van der Waals surface area (Å²) in [6, 6.07) is 5.37. The van der Waals surface area contributed by atoms with Crippen molar-refractivity contribution in [3.8, 4) is 0 Å². The Labute approximate surface area is 175 Å². The van der Waals surface area contributed by atoms with Crippen LogP contribution in [0.4, 0.5) is 0 Å². The van der Waals surface area contributed by atoms with Gasteiger partial charge >= 0.3 is 0 Å². The molecule has 4 atom stereocenters. The van der Waals surface area contributed by atoms with Gasteiger partial charge in [0.2, 0.25) is 5.91 Å². The lowest BCUT2D eigenvalue weighted by Gasteiger charge is -2.67. The second kappa shape index (κ2) is 6.12. The molecule has 1 aromatic rings. The monoisotopic (exact) mass is 421 g/mol. The largest absolute Gasteiger partial charge is 0.459 e. The minimum absolute atomic E-state index is 0.0777. The first-order chi connectivity index (χ1) is 13.3. The molecule has 4 unspecified atom stereocenters. The standard InChI is InChI=1S/C22H25Cl2NO3/c1-21(2)19(15-4-3-5-16(23)17(15)24)25(20(21)27)18-14-7-12-6-13(8-14)10-22(18,9-12)28-11-26/h3-5,11-14,18-19H,6-10H2,1-2H3. The minimum Gasteiger partial charge on any atom is -0.459 e. The molecule has 4 aliphatic carbocycles. The van der Waals surface area contributed by atoms with E-state index in [0.717, 1.165) is 31.2 Å². The van der Waals surface area contributed by atoms with E-state index in [-0.39, 0.29) is 18.0 Å². The molecule has 1 amide bonds. The Morgan fingerprint density at radius 3 is 2.46 bits per heavy atom. The van der Waals surface area contributed by atoms with Crippen molar-refractivity contribution in [3.05, 3.63) is 33.8 Å². The number of carbonyl (C=O) groups is 2. The zero-order chi connectivity index (χ0) is 19.8. The highest BCUT2D eigenvalue weighted by molar-refractivity contribution is 6.42. The molecule has 6 heteroatoms. The molecule has 6 rings (SSSR count). The first kappa shape index (κ1) is 18.7. The molecule has 4 bridgehead atoms. The summed E-state index contributed by atoms with van der Waals surface area (Å²) in [4.78, 5) is 26.8. The molecular weight excluding hydrogens is 397 g/mol. The number of ether oxygens (including phenoxy) is 1. The summed E-state index contributed by atoms with van der Waals surface area (Å²) < 4.78 is 5.83. The smallest absolute Gasteiger partial charge is 0.293 e. The maximum Gasteiger partial charge on any atom is 0.293 e. The number of β-lactam (4-membered cyclic amide) rings is 1. The van der Waals surface area contributed by atoms with Gasteiger partial charge in [-0.1, -0.05) is 35.3 Å². The van der Waals surface area contributed by atoms with Crippen molar-refractivity contribution in [2.45, 2.75) is 63.6 Å². The van der Waals surface area contributed by atoms with Crippen molar-refractivity contribution in [2.24, 2.45) is 23.2 Å². The van der Waals surface area contributed by atoms with Crippen molar-refractivity contribution in [1.82, 2.24) is 4.90 Å². The Hall–Kier alpha value is -1.26. The maximum absolute atomic E-state index is 13.3. The van der Waals surface area contributed by atoms with Gasteiger partial charge in [-0.3, -0.25) is 9.59 Å². The first-order valence-corrected chi connectivity index (χ1v) is 10.9. The van der Waals surface area contributed by atoms with Crippen LogP contribution in [0.2, 0.25) is 10.0 Å². The fourth-order valence-electron chi connectivity index (χ4n) is 7.09. The van der Waals surface area contributed by atoms with Gasteiger partial charge in [-0.15, -0.1) is 0 Å². The number of hydrogen-bond acceptors (Lipinski definition) is 3. The molecule has 5 fully saturated rings. The van der Waals surface area contributed by atoms with E-state index in [1.807, 2.05) is 30.9 Å². The molecule has 28 heavy (non-hydrogen) atoms. The van der Waals surface area contributed by atoms with Crippen LogP contribution in [0.5, 0.6) is 0 Å². The molecule has 1 aromatic carbocycles. The lowest BCUT2D eigenvalue weighted by atomic mass is 9.50. The average Bonchev–Trinajstić information content (AvgIpc) is 2.62. The van der Waals surface area contributed by atoms with Crippen molar-refractivity contribution in [1.29, 1.82) is 0 Å². The van der Waals surface area contributed by atoms with Crippen LogP contribution in [0.25, 0.3) is 0 Å². The number of likely N-dealkylation sites (tertiary alicyclic amines) is 1. The Kier molecular flexibility index (Phi) is 4.10. The molecule has 0 spiro atoms. The van der Waals surface area contributed by atoms with E-state index in [2.05, 4.69) is 0 Å². The molecule has 0 radical (unpaired) electrons. The van der Waals surface area contributed by atoms with E-state index < -0.39 is 11.0 Å². The third-order valence-electron chi connectivity index (χ3n) is 7.80. The summed E-state index contributed by atoms with van der Waals surface area (Å²) in [7, 11) is 0. The van der Waals surface area contributed by atoms with Gasteiger partial charge in [0.25, 0.3) is 6.47 Å². The SMILES string of the molecule is CC1(C)C(=O)N(C2C3CC4CC(C3)CC2(OC=O)C4)C1c1cccc(Cl)c1Cl. The van der Waals surface area contributed by atoms with E-state index in [4.69, 9.17) is 27.9 Å². The van der Waals surface area contributed by atoms with Crippen LogP contribution in [0, 0.1) is 23.2 Å². The minimum atomic E-state index is -0.564. The highest BCUT2D eigenvalue weighted by atomic mass is 35.5. The first-order valence-electron chi connectivity index (χ1n) is 10.2. The number of hydrogen-bond donors (Lipinski definition) is 0. The van der Waals surface area contributed by atoms with Gasteiger partial charge in [0.15, 0.2) is 0 Å². The van der Waals surface area contributed by atoms with E-state index >= 15 is 0 Å². The van der Waals surface area contributed by atoms with Crippen LogP contribution in [0.15, 0.2) is 18.2 Å². The van der Waals surface area contributed by atoms with Gasteiger partial charge in [0.05, 0.1) is 27.5 Å². The second-order valence-electron chi connectivity index (χ2n) is 9.81.